The number of hydrogen-bond acceptors (Lipinski definition) is 7. The van der Waals surface area contributed by atoms with E-state index in [9.17, 15) is 14.0 Å². The normalized spacial score (nSPS) is 16.7. The van der Waals surface area contributed by atoms with Gasteiger partial charge in [-0.25, -0.2) is 23.9 Å². The van der Waals surface area contributed by atoms with E-state index < -0.39 is 17.8 Å². The van der Waals surface area contributed by atoms with Gasteiger partial charge in [0.1, 0.15) is 5.84 Å². The van der Waals surface area contributed by atoms with E-state index in [1.807, 2.05) is 0 Å². The number of carboxylic acid groups (broad SMARTS) is 2. The summed E-state index contributed by atoms with van der Waals surface area (Å²) in [5.74, 6) is -1.16. The number of nitrogens with one attached hydrogen (secondary N) is 1. The number of aryl methyl sites for hydroxylation is 1. The Labute approximate surface area is 209 Å². The Kier molecular flexibility index (Phi) is 10.3. The molecule has 0 unspecified atom stereocenters. The maximum Gasteiger partial charge on any atom is 0.328 e. The third kappa shape index (κ3) is 9.06. The topological polar surface area (TPSA) is 131 Å². The Morgan fingerprint density at radius 3 is 2.33 bits per heavy atom. The van der Waals surface area contributed by atoms with Crippen molar-refractivity contribution in [2.24, 2.45) is 4.99 Å². The number of unbranched alkanes of at least 4 members (excludes halogenated alkanes) is 1. The van der Waals surface area contributed by atoms with Crippen molar-refractivity contribution >= 4 is 29.4 Å². The van der Waals surface area contributed by atoms with E-state index in [2.05, 4.69) is 49.4 Å². The number of anilines is 2. The zero-order valence-electron chi connectivity index (χ0n) is 20.0. The van der Waals surface area contributed by atoms with E-state index in [1.54, 1.807) is 0 Å². The minimum atomic E-state index is -1.26. The fourth-order valence-electron chi connectivity index (χ4n) is 3.89. The van der Waals surface area contributed by atoms with E-state index in [4.69, 9.17) is 15.2 Å². The highest BCUT2D eigenvalue weighted by atomic mass is 19.1. The van der Waals surface area contributed by atoms with Gasteiger partial charge in [0.05, 0.1) is 12.4 Å². The number of carboxylic acids is 2. The predicted octanol–water partition coefficient (Wildman–Crippen LogP) is 2.69. The van der Waals surface area contributed by atoms with E-state index in [0.717, 1.165) is 70.8 Å². The summed E-state index contributed by atoms with van der Waals surface area (Å²) in [4.78, 5) is 36.6. The first-order valence-electron chi connectivity index (χ1n) is 11.9. The largest absolute Gasteiger partial charge is 0.478 e. The summed E-state index contributed by atoms with van der Waals surface area (Å²) in [6.45, 7) is 5.74. The minimum Gasteiger partial charge on any atom is -0.478 e. The van der Waals surface area contributed by atoms with E-state index in [-0.39, 0.29) is 0 Å². The lowest BCUT2D eigenvalue weighted by Crippen LogP contribution is -2.47. The molecule has 0 bridgehead atoms. The first-order valence-corrected chi connectivity index (χ1v) is 11.9. The predicted molar refractivity (Wildman–Crippen MR) is 135 cm³/mol. The number of aromatic nitrogens is 2. The van der Waals surface area contributed by atoms with Crippen LogP contribution in [0.5, 0.6) is 0 Å². The maximum absolute atomic E-state index is 12.9. The lowest BCUT2D eigenvalue weighted by Gasteiger charge is -2.34. The Hall–Kier alpha value is -3.86. The van der Waals surface area contributed by atoms with E-state index in [0.29, 0.717) is 18.1 Å². The van der Waals surface area contributed by atoms with Crippen LogP contribution in [0.3, 0.4) is 0 Å². The first kappa shape index (κ1) is 26.7. The van der Waals surface area contributed by atoms with Crippen LogP contribution in [0.1, 0.15) is 24.8 Å². The molecule has 0 aliphatic carbocycles. The molecule has 1 aromatic carbocycles. The summed E-state index contributed by atoms with van der Waals surface area (Å²) in [7, 11) is 0. The molecule has 2 aliphatic rings. The number of hydrogen-bond donors (Lipinski definition) is 3. The number of amidine groups is 1. The molecular weight excluding hydrogens is 467 g/mol. The molecule has 0 radical (unpaired) electrons. The fourth-order valence-corrected chi connectivity index (χ4v) is 3.89. The summed E-state index contributed by atoms with van der Waals surface area (Å²) < 4.78 is 12.9. The molecule has 0 spiro atoms. The smallest absolute Gasteiger partial charge is 0.328 e. The molecule has 1 aromatic heterocycles. The zero-order valence-corrected chi connectivity index (χ0v) is 20.0. The molecule has 3 N–H and O–H groups in total. The molecule has 1 saturated heterocycles. The Balaban J connectivity index is 0.000000392. The minimum absolute atomic E-state index is 0.390. The fraction of sp³-hybridized carbons (Fsp3) is 0.400. The average molecular weight is 499 g/mol. The van der Waals surface area contributed by atoms with Gasteiger partial charge >= 0.3 is 11.9 Å². The van der Waals surface area contributed by atoms with E-state index >= 15 is 0 Å². The van der Waals surface area contributed by atoms with Crippen LogP contribution in [0.25, 0.3) is 0 Å². The summed E-state index contributed by atoms with van der Waals surface area (Å²) in [5, 5.41) is 19.1. The van der Waals surface area contributed by atoms with Gasteiger partial charge in [0.15, 0.2) is 5.82 Å². The van der Waals surface area contributed by atoms with Crippen molar-refractivity contribution in [2.45, 2.75) is 25.7 Å². The van der Waals surface area contributed by atoms with Gasteiger partial charge in [0, 0.05) is 57.0 Å². The van der Waals surface area contributed by atoms with Crippen LogP contribution in [0.15, 0.2) is 53.8 Å². The summed E-state index contributed by atoms with van der Waals surface area (Å²) >= 11 is 0. The Morgan fingerprint density at radius 1 is 1.00 bits per heavy atom. The molecule has 10 nitrogen and oxygen atoms in total. The van der Waals surface area contributed by atoms with Crippen molar-refractivity contribution in [2.75, 3.05) is 49.5 Å². The number of carbonyl (C=O) groups is 2. The second-order valence-corrected chi connectivity index (χ2v) is 8.36. The lowest BCUT2D eigenvalue weighted by atomic mass is 10.0. The molecule has 3 heterocycles. The summed E-state index contributed by atoms with van der Waals surface area (Å²) in [6, 6.07) is 8.47. The van der Waals surface area contributed by atoms with Crippen LogP contribution in [0.4, 0.5) is 16.0 Å². The van der Waals surface area contributed by atoms with Crippen molar-refractivity contribution in [3.63, 3.8) is 0 Å². The average Bonchev–Trinajstić information content (AvgIpc) is 2.88. The molecule has 36 heavy (non-hydrogen) atoms. The summed E-state index contributed by atoms with van der Waals surface area (Å²) in [6.07, 6.45) is 7.92. The molecule has 0 saturated carbocycles. The van der Waals surface area contributed by atoms with Crippen molar-refractivity contribution in [3.8, 4) is 0 Å². The number of piperazine rings is 1. The first-order chi connectivity index (χ1) is 17.4. The van der Waals surface area contributed by atoms with Gasteiger partial charge in [0.2, 0.25) is 5.95 Å². The molecule has 0 atom stereocenters. The Bertz CT molecular complexity index is 1050. The molecule has 0 amide bonds. The SMILES string of the molecule is Fc1cnc(N2CCN(CCCCN=C3CCc4ccccc4N3)CC2)nc1.O=C(O)/C=C/C(=O)O. The maximum atomic E-state index is 12.9. The lowest BCUT2D eigenvalue weighted by molar-refractivity contribution is -0.134. The van der Waals surface area contributed by atoms with Crippen LogP contribution in [0.2, 0.25) is 0 Å². The van der Waals surface area contributed by atoms with Crippen molar-refractivity contribution < 1.29 is 24.2 Å². The molecule has 2 aromatic rings. The van der Waals surface area contributed by atoms with Gasteiger partial charge in [-0.05, 0) is 37.4 Å². The highest BCUT2D eigenvalue weighted by molar-refractivity contribution is 5.98. The molecule has 11 heteroatoms. The van der Waals surface area contributed by atoms with Gasteiger partial charge in [0.25, 0.3) is 0 Å². The van der Waals surface area contributed by atoms with Crippen LogP contribution in [-0.4, -0.2) is 82.1 Å². The van der Waals surface area contributed by atoms with Gasteiger partial charge in [-0.1, -0.05) is 18.2 Å². The highest BCUT2D eigenvalue weighted by Gasteiger charge is 2.18. The number of aliphatic imine (C=N–C) groups is 1. The van der Waals surface area contributed by atoms with E-state index in [1.165, 1.54) is 23.6 Å². The number of fused-ring (bicyclic) bond motifs is 1. The van der Waals surface area contributed by atoms with Crippen LogP contribution in [0, 0.1) is 5.82 Å². The summed E-state index contributed by atoms with van der Waals surface area (Å²) in [5.41, 5.74) is 2.59. The number of para-hydroxylation sites is 1. The molecule has 1 fully saturated rings. The van der Waals surface area contributed by atoms with Gasteiger partial charge in [-0.3, -0.25) is 9.89 Å². The third-order valence-electron chi connectivity index (χ3n) is 5.74. The van der Waals surface area contributed by atoms with Crippen molar-refractivity contribution in [1.82, 2.24) is 14.9 Å². The van der Waals surface area contributed by atoms with Crippen LogP contribution < -0.4 is 10.2 Å². The monoisotopic (exact) mass is 498 g/mol. The second kappa shape index (κ2) is 13.9. The number of halogens is 1. The van der Waals surface area contributed by atoms with Crippen molar-refractivity contribution in [1.29, 1.82) is 0 Å². The van der Waals surface area contributed by atoms with Crippen LogP contribution >= 0.6 is 0 Å². The number of benzene rings is 1. The third-order valence-corrected chi connectivity index (χ3v) is 5.74. The number of nitrogens with zero attached hydrogens (tertiary/aromatic N) is 5. The molecule has 2 aliphatic heterocycles. The van der Waals surface area contributed by atoms with Crippen molar-refractivity contribution in [3.05, 3.63) is 60.2 Å². The van der Waals surface area contributed by atoms with Crippen LogP contribution in [-0.2, 0) is 16.0 Å². The van der Waals surface area contributed by atoms with Gasteiger partial charge in [-0.15, -0.1) is 0 Å². The Morgan fingerprint density at radius 2 is 1.67 bits per heavy atom. The standard InChI is InChI=1S/C21H27FN6.C4H4O4/c22-18-15-24-21(25-16-18)28-13-11-27(12-14-28)10-4-3-9-23-20-8-7-17-5-1-2-6-19(17)26-20;5-3(6)1-2-4(7)8/h1-2,5-6,15-16H,3-4,7-14H2,(H,23,26);1-2H,(H,5,6)(H,7,8)/b;2-1+. The molecule has 4 rings (SSSR count). The highest BCUT2D eigenvalue weighted by Crippen LogP contribution is 2.22. The molecule has 192 valence electrons. The number of rotatable bonds is 8. The molecular formula is C25H31FN6O4. The van der Waals surface area contributed by atoms with Gasteiger partial charge < -0.3 is 20.4 Å². The van der Waals surface area contributed by atoms with Gasteiger partial charge in [-0.2, -0.15) is 0 Å². The number of aliphatic carboxylic acids is 2. The zero-order chi connectivity index (χ0) is 25.8. The quantitative estimate of drug-likeness (QED) is 0.371. The second-order valence-electron chi connectivity index (χ2n) is 8.36.